The summed E-state index contributed by atoms with van der Waals surface area (Å²) >= 11 is 0. The molecule has 6 nitrogen and oxygen atoms in total. The van der Waals surface area contributed by atoms with E-state index in [1.54, 1.807) is 44.2 Å². The highest BCUT2D eigenvalue weighted by atomic mass is 31.2. The Bertz CT molecular complexity index is 746. The predicted octanol–water partition coefficient (Wildman–Crippen LogP) is 4.03. The van der Waals surface area contributed by atoms with Gasteiger partial charge in [-0.1, -0.05) is 30.3 Å². The van der Waals surface area contributed by atoms with Gasteiger partial charge in [0.05, 0.1) is 13.2 Å². The van der Waals surface area contributed by atoms with Crippen LogP contribution in [-0.2, 0) is 13.6 Å². The van der Waals surface area contributed by atoms with Crippen molar-refractivity contribution in [3.8, 4) is 0 Å². The van der Waals surface area contributed by atoms with Crippen molar-refractivity contribution in [2.24, 2.45) is 0 Å². The zero-order valence-electron chi connectivity index (χ0n) is 14.6. The topological polar surface area (TPSA) is 76.7 Å². The molecule has 8 heteroatoms. The summed E-state index contributed by atoms with van der Waals surface area (Å²) < 4.78 is 37.2. The van der Waals surface area contributed by atoms with E-state index in [9.17, 15) is 13.8 Å². The number of carbonyl (C=O) groups is 1. The lowest BCUT2D eigenvalue weighted by Gasteiger charge is -2.27. The molecule has 0 spiro atoms. The molecule has 0 radical (unpaired) electrons. The van der Waals surface area contributed by atoms with Crippen molar-refractivity contribution in [2.45, 2.75) is 19.6 Å². The Morgan fingerprint density at radius 3 is 2.15 bits per heavy atom. The van der Waals surface area contributed by atoms with E-state index in [1.165, 1.54) is 24.3 Å². The summed E-state index contributed by atoms with van der Waals surface area (Å²) in [4.78, 5) is 12.3. The Morgan fingerprint density at radius 1 is 1.04 bits per heavy atom. The van der Waals surface area contributed by atoms with Gasteiger partial charge in [-0.2, -0.15) is 0 Å². The van der Waals surface area contributed by atoms with Crippen LogP contribution < -0.4 is 10.9 Å². The maximum Gasteiger partial charge on any atom is 0.353 e. The molecule has 0 saturated heterocycles. The van der Waals surface area contributed by atoms with Crippen LogP contribution in [0.5, 0.6) is 0 Å². The molecule has 0 aliphatic carbocycles. The number of amides is 1. The Labute approximate surface area is 152 Å². The molecule has 0 aliphatic heterocycles. The summed E-state index contributed by atoms with van der Waals surface area (Å²) in [5.74, 6) is -1.82. The van der Waals surface area contributed by atoms with Crippen molar-refractivity contribution >= 4 is 13.5 Å². The highest BCUT2D eigenvalue weighted by molar-refractivity contribution is 7.54. The zero-order valence-corrected chi connectivity index (χ0v) is 15.5. The summed E-state index contributed by atoms with van der Waals surface area (Å²) in [5, 5.41) is 0. The molecular weight excluding hydrogens is 358 g/mol. The molecule has 0 aliphatic rings. The van der Waals surface area contributed by atoms with Crippen LogP contribution in [0.3, 0.4) is 0 Å². The fourth-order valence-electron chi connectivity index (χ4n) is 2.33. The highest BCUT2D eigenvalue weighted by Gasteiger charge is 2.37. The Kier molecular flexibility index (Phi) is 7.48. The normalized spacial score (nSPS) is 12.6. The standard InChI is InChI=1S/C18H22FN2O4P/c1-3-24-26(23,25-4-2)18(15-10-12-16(19)13-11-15)21-20-17(22)14-8-6-5-7-9-14/h5-13,18,21H,3-4H2,1-2H3,(H,20,22). The average Bonchev–Trinajstić information content (AvgIpc) is 2.64. The summed E-state index contributed by atoms with van der Waals surface area (Å²) in [6.45, 7) is 3.69. The molecule has 1 unspecified atom stereocenters. The number of rotatable bonds is 9. The van der Waals surface area contributed by atoms with E-state index in [-0.39, 0.29) is 13.2 Å². The van der Waals surface area contributed by atoms with E-state index >= 15 is 0 Å². The predicted molar refractivity (Wildman–Crippen MR) is 97.0 cm³/mol. The molecule has 2 rings (SSSR count). The van der Waals surface area contributed by atoms with Gasteiger partial charge in [0.25, 0.3) is 5.91 Å². The second-order valence-corrected chi connectivity index (χ2v) is 7.41. The number of carbonyl (C=O) groups excluding carboxylic acids is 1. The van der Waals surface area contributed by atoms with Gasteiger partial charge in [-0.15, -0.1) is 0 Å². The van der Waals surface area contributed by atoms with Gasteiger partial charge >= 0.3 is 7.60 Å². The third-order valence-corrected chi connectivity index (χ3v) is 5.77. The minimum Gasteiger partial charge on any atom is -0.307 e. The molecule has 0 heterocycles. The SMILES string of the molecule is CCOP(=O)(OCC)C(NNC(=O)c1ccccc1)c1ccc(F)cc1. The van der Waals surface area contributed by atoms with Crippen molar-refractivity contribution in [2.75, 3.05) is 13.2 Å². The fraction of sp³-hybridized carbons (Fsp3) is 0.278. The smallest absolute Gasteiger partial charge is 0.307 e. The van der Waals surface area contributed by atoms with Gasteiger partial charge in [-0.05, 0) is 43.7 Å². The number of hydrazine groups is 1. The molecule has 0 saturated carbocycles. The van der Waals surface area contributed by atoms with Crippen LogP contribution in [0, 0.1) is 5.82 Å². The lowest BCUT2D eigenvalue weighted by molar-refractivity contribution is 0.0927. The van der Waals surface area contributed by atoms with Crippen molar-refractivity contribution in [3.05, 3.63) is 71.5 Å². The van der Waals surface area contributed by atoms with Crippen LogP contribution in [0.1, 0.15) is 35.6 Å². The molecule has 26 heavy (non-hydrogen) atoms. The first kappa shape index (κ1) is 20.3. The molecule has 2 aromatic carbocycles. The number of nitrogens with one attached hydrogen (secondary N) is 2. The van der Waals surface area contributed by atoms with Crippen molar-refractivity contribution in [1.82, 2.24) is 10.9 Å². The summed E-state index contributed by atoms with van der Waals surface area (Å²) in [7, 11) is -3.66. The van der Waals surface area contributed by atoms with E-state index in [1.807, 2.05) is 0 Å². The maximum absolute atomic E-state index is 13.3. The van der Waals surface area contributed by atoms with Gasteiger partial charge in [0.1, 0.15) is 5.82 Å². The van der Waals surface area contributed by atoms with Gasteiger partial charge in [0.15, 0.2) is 5.78 Å². The summed E-state index contributed by atoms with van der Waals surface area (Å²) in [6.07, 6.45) is 0. The second-order valence-electron chi connectivity index (χ2n) is 5.29. The Hall–Kier alpha value is -2.05. The Morgan fingerprint density at radius 2 is 1.62 bits per heavy atom. The van der Waals surface area contributed by atoms with Crippen LogP contribution in [0.4, 0.5) is 4.39 Å². The van der Waals surface area contributed by atoms with Crippen LogP contribution in [-0.4, -0.2) is 19.1 Å². The number of halogens is 1. The minimum absolute atomic E-state index is 0.156. The van der Waals surface area contributed by atoms with Gasteiger partial charge in [0.2, 0.25) is 0 Å². The highest BCUT2D eigenvalue weighted by Crippen LogP contribution is 2.59. The molecule has 2 aromatic rings. The molecule has 0 fully saturated rings. The van der Waals surface area contributed by atoms with Gasteiger partial charge in [-0.3, -0.25) is 14.8 Å². The third kappa shape index (κ3) is 5.22. The quantitative estimate of drug-likeness (QED) is 0.508. The van der Waals surface area contributed by atoms with Crippen LogP contribution >= 0.6 is 7.60 Å². The van der Waals surface area contributed by atoms with E-state index in [4.69, 9.17) is 9.05 Å². The van der Waals surface area contributed by atoms with Crippen molar-refractivity contribution in [1.29, 1.82) is 0 Å². The second kappa shape index (κ2) is 9.59. The number of benzene rings is 2. The summed E-state index contributed by atoms with van der Waals surface area (Å²) in [5.41, 5.74) is 6.14. The van der Waals surface area contributed by atoms with E-state index < -0.39 is 25.1 Å². The van der Waals surface area contributed by atoms with Crippen LogP contribution in [0.15, 0.2) is 54.6 Å². The monoisotopic (exact) mass is 380 g/mol. The van der Waals surface area contributed by atoms with Crippen molar-refractivity contribution in [3.63, 3.8) is 0 Å². The molecule has 140 valence electrons. The van der Waals surface area contributed by atoms with E-state index in [0.717, 1.165) is 0 Å². The largest absolute Gasteiger partial charge is 0.353 e. The third-order valence-electron chi connectivity index (χ3n) is 3.48. The van der Waals surface area contributed by atoms with Crippen LogP contribution in [0.25, 0.3) is 0 Å². The molecule has 0 bridgehead atoms. The fourth-order valence-corrected chi connectivity index (χ4v) is 4.18. The van der Waals surface area contributed by atoms with Crippen molar-refractivity contribution < 1.29 is 22.8 Å². The van der Waals surface area contributed by atoms with E-state index in [0.29, 0.717) is 11.1 Å². The molecular formula is C18H22FN2O4P. The first-order valence-electron chi connectivity index (χ1n) is 8.25. The van der Waals surface area contributed by atoms with Gasteiger partial charge in [0, 0.05) is 5.56 Å². The van der Waals surface area contributed by atoms with Crippen LogP contribution in [0.2, 0.25) is 0 Å². The zero-order chi connectivity index (χ0) is 19.0. The molecule has 1 atom stereocenters. The van der Waals surface area contributed by atoms with E-state index in [2.05, 4.69) is 10.9 Å². The maximum atomic E-state index is 13.3. The summed E-state index contributed by atoms with van der Waals surface area (Å²) in [6, 6.07) is 14.0. The Balaban J connectivity index is 2.26. The molecule has 1 amide bonds. The number of hydrogen-bond acceptors (Lipinski definition) is 5. The number of hydrogen-bond donors (Lipinski definition) is 2. The molecule has 2 N–H and O–H groups in total. The van der Waals surface area contributed by atoms with Gasteiger partial charge in [-0.25, -0.2) is 9.82 Å². The molecule has 0 aromatic heterocycles. The lowest BCUT2D eigenvalue weighted by Crippen LogP contribution is -2.40. The minimum atomic E-state index is -3.66. The lowest BCUT2D eigenvalue weighted by atomic mass is 10.2. The first-order valence-corrected chi connectivity index (χ1v) is 9.86. The first-order chi connectivity index (χ1) is 12.5. The van der Waals surface area contributed by atoms with Gasteiger partial charge < -0.3 is 9.05 Å². The average molecular weight is 380 g/mol.